The first-order valence-electron chi connectivity index (χ1n) is 11.9. The van der Waals surface area contributed by atoms with E-state index in [1.165, 1.54) is 24.3 Å². The number of aliphatic carboxylic acids is 1. The molecule has 29 heavy (non-hydrogen) atoms. The molecule has 0 bridgehead atoms. The predicted octanol–water partition coefficient (Wildman–Crippen LogP) is 4.39. The van der Waals surface area contributed by atoms with Crippen LogP contribution in [0.15, 0.2) is 41.2 Å². The molecule has 0 saturated heterocycles. The monoisotopic (exact) mass is 442 g/mol. The van der Waals surface area contributed by atoms with Crippen molar-refractivity contribution in [3.8, 4) is 0 Å². The Kier molecular flexibility index (Phi) is 3.21. The first kappa shape index (κ1) is 13.0. The van der Waals surface area contributed by atoms with E-state index in [0.29, 0.717) is 16.8 Å². The SMILES string of the molecule is [2H]c1c(F)c([2H])c2c3c(n(Cc4ccc(Cl)cc4)c2c1S(C)(=O)=O)[C@@]([2H])(CC(=O)O)C([2H])([2H])C3([2H])[2H]. The van der Waals surface area contributed by atoms with Crippen molar-refractivity contribution in [1.29, 1.82) is 0 Å². The molecule has 2 aromatic carbocycles. The molecule has 0 radical (unpaired) electrons. The summed E-state index contributed by atoms with van der Waals surface area (Å²) < 4.78 is 101. The molecule has 0 amide bonds. The molecule has 1 atom stereocenters. The van der Waals surface area contributed by atoms with Gasteiger partial charge in [0.2, 0.25) is 0 Å². The summed E-state index contributed by atoms with van der Waals surface area (Å²) in [6.07, 6.45) is -6.80. The number of hydrogen-bond donors (Lipinski definition) is 1. The Hall–Kier alpha value is -2.38. The van der Waals surface area contributed by atoms with Crippen LogP contribution in [0.5, 0.6) is 0 Å². The lowest BCUT2D eigenvalue weighted by Crippen LogP contribution is -2.12. The van der Waals surface area contributed by atoms with Gasteiger partial charge in [-0.2, -0.15) is 0 Å². The Morgan fingerprint density at radius 1 is 1.41 bits per heavy atom. The molecule has 1 heterocycles. The van der Waals surface area contributed by atoms with Gasteiger partial charge in [0.25, 0.3) is 0 Å². The molecule has 0 saturated carbocycles. The van der Waals surface area contributed by atoms with Crippen LogP contribution in [-0.4, -0.2) is 30.3 Å². The second-order valence-corrected chi connectivity index (χ2v) is 9.01. The van der Waals surface area contributed by atoms with Gasteiger partial charge in [0.05, 0.1) is 19.6 Å². The Labute approximate surface area is 182 Å². The highest BCUT2D eigenvalue weighted by Crippen LogP contribution is 2.44. The third kappa shape index (κ3) is 3.65. The molecule has 0 unspecified atom stereocenters. The van der Waals surface area contributed by atoms with E-state index < -0.39 is 85.8 Å². The van der Waals surface area contributed by atoms with E-state index in [2.05, 4.69) is 0 Å². The quantitative estimate of drug-likeness (QED) is 0.635. The van der Waals surface area contributed by atoms with Gasteiger partial charge in [0, 0.05) is 41.7 Å². The summed E-state index contributed by atoms with van der Waals surface area (Å²) in [6, 6.07) is 3.85. The number of fused-ring (bicyclic) bond motifs is 3. The van der Waals surface area contributed by atoms with Crippen LogP contribution in [0, 0.1) is 5.82 Å². The minimum Gasteiger partial charge on any atom is -0.481 e. The van der Waals surface area contributed by atoms with E-state index in [0.717, 1.165) is 4.57 Å². The topological polar surface area (TPSA) is 76.4 Å². The van der Waals surface area contributed by atoms with Gasteiger partial charge in [-0.25, -0.2) is 12.8 Å². The Morgan fingerprint density at radius 3 is 2.72 bits per heavy atom. The summed E-state index contributed by atoms with van der Waals surface area (Å²) in [7, 11) is -4.38. The lowest BCUT2D eigenvalue weighted by atomic mass is 10.0. The number of carboxylic acid groups (broad SMARTS) is 1. The maximum absolute atomic E-state index is 15.0. The summed E-state index contributed by atoms with van der Waals surface area (Å²) in [4.78, 5) is 10.9. The highest BCUT2D eigenvalue weighted by molar-refractivity contribution is 7.91. The molecule has 0 aliphatic heterocycles. The number of aromatic nitrogens is 1. The van der Waals surface area contributed by atoms with Gasteiger partial charge in [-0.3, -0.25) is 4.79 Å². The number of carbonyl (C=O) groups is 1. The molecule has 0 spiro atoms. The van der Waals surface area contributed by atoms with E-state index >= 15 is 4.39 Å². The van der Waals surface area contributed by atoms with Crippen molar-refractivity contribution in [2.75, 3.05) is 6.26 Å². The zero-order chi connectivity index (χ0) is 27.2. The van der Waals surface area contributed by atoms with Crippen molar-refractivity contribution in [2.45, 2.75) is 36.5 Å². The van der Waals surface area contributed by atoms with Gasteiger partial charge >= 0.3 is 5.97 Å². The zero-order valence-corrected chi connectivity index (χ0v) is 16.6. The van der Waals surface area contributed by atoms with Crippen LogP contribution in [0.1, 0.15) is 45.1 Å². The van der Waals surface area contributed by atoms with E-state index in [4.69, 9.17) is 21.2 Å². The fourth-order valence-electron chi connectivity index (χ4n) is 3.39. The fourth-order valence-corrected chi connectivity index (χ4v) is 4.35. The van der Waals surface area contributed by atoms with Crippen molar-refractivity contribution in [3.63, 3.8) is 0 Å². The first-order chi connectivity index (χ1) is 16.4. The van der Waals surface area contributed by atoms with Gasteiger partial charge in [-0.1, -0.05) is 23.7 Å². The second kappa shape index (κ2) is 7.15. The maximum Gasteiger partial charge on any atom is 0.304 e. The van der Waals surface area contributed by atoms with Gasteiger partial charge in [0.1, 0.15) is 5.82 Å². The van der Waals surface area contributed by atoms with E-state index in [9.17, 15) is 18.3 Å². The minimum atomic E-state index is -4.38. The van der Waals surface area contributed by atoms with E-state index in [-0.39, 0.29) is 6.54 Å². The number of carboxylic acids is 1. The summed E-state index contributed by atoms with van der Waals surface area (Å²) in [5.74, 6) is -5.99. The summed E-state index contributed by atoms with van der Waals surface area (Å²) in [5, 5.41) is 9.26. The summed E-state index contributed by atoms with van der Waals surface area (Å²) in [6.45, 7) is -0.331. The molecule has 3 aromatic rings. The average molecular weight is 443 g/mol. The van der Waals surface area contributed by atoms with Crippen LogP contribution in [0.4, 0.5) is 4.39 Å². The lowest BCUT2D eigenvalue weighted by molar-refractivity contribution is -0.137. The molecular formula is C21H19ClFNO4S. The van der Waals surface area contributed by atoms with Gasteiger partial charge < -0.3 is 9.67 Å². The third-order valence-electron chi connectivity index (χ3n) is 4.51. The number of aryl methyl sites for hydroxylation is 1. The number of nitrogens with zero attached hydrogens (tertiary/aromatic N) is 1. The molecule has 1 aliphatic rings. The molecular weight excluding hydrogens is 417 g/mol. The van der Waals surface area contributed by atoms with Gasteiger partial charge in [-0.05, 0) is 48.1 Å². The van der Waals surface area contributed by atoms with Crippen LogP contribution in [0.2, 0.25) is 5.02 Å². The smallest absolute Gasteiger partial charge is 0.304 e. The van der Waals surface area contributed by atoms with Crippen molar-refractivity contribution in [3.05, 3.63) is 64.0 Å². The van der Waals surface area contributed by atoms with Gasteiger partial charge in [-0.15, -0.1) is 0 Å². The van der Waals surface area contributed by atoms with Crippen LogP contribution in [-0.2, 0) is 27.5 Å². The van der Waals surface area contributed by atoms with Crippen molar-refractivity contribution in [1.82, 2.24) is 4.57 Å². The second-order valence-electron chi connectivity index (χ2n) is 6.62. The number of halogens is 2. The van der Waals surface area contributed by atoms with E-state index in [1.54, 1.807) is 0 Å². The highest BCUT2D eigenvalue weighted by Gasteiger charge is 2.33. The Bertz CT molecular complexity index is 1560. The summed E-state index contributed by atoms with van der Waals surface area (Å²) in [5.41, 5.74) is -1.25. The minimum absolute atomic E-state index is 0.331. The van der Waals surface area contributed by atoms with Crippen molar-refractivity contribution < 1.29 is 32.3 Å². The Morgan fingerprint density at radius 2 is 2.10 bits per heavy atom. The number of hydrogen-bond acceptors (Lipinski definition) is 3. The standard InChI is InChI=1S/C21H19ClFNO4S/c1-29(27,28)18-10-15(23)9-17-16-7-4-13(8-19(25)26)20(16)24(21(17)18)11-12-2-5-14(22)6-3-12/h2-3,5-6,9-10,13H,4,7-8,11H2,1H3,(H,25,26)/t13-/m1/s1/i4D2,7D2,9D,10D,13D. The molecule has 5 nitrogen and oxygen atoms in total. The van der Waals surface area contributed by atoms with Crippen LogP contribution in [0.3, 0.4) is 0 Å². The Balaban J connectivity index is 2.31. The normalized spacial score (nSPS) is 25.8. The molecule has 152 valence electrons. The first-order valence-corrected chi connectivity index (χ1v) is 10.7. The zero-order valence-electron chi connectivity index (χ0n) is 22.0. The van der Waals surface area contributed by atoms with Crippen molar-refractivity contribution >= 4 is 38.3 Å². The number of rotatable bonds is 5. The molecule has 1 aromatic heterocycles. The van der Waals surface area contributed by atoms with E-state index in [1.807, 2.05) is 0 Å². The molecule has 1 aliphatic carbocycles. The number of sulfone groups is 1. The average Bonchev–Trinajstić information content (AvgIpc) is 3.12. The maximum atomic E-state index is 15.0. The molecule has 0 fully saturated rings. The van der Waals surface area contributed by atoms with Crippen LogP contribution >= 0.6 is 11.6 Å². The fraction of sp³-hybridized carbons (Fsp3) is 0.286. The summed E-state index contributed by atoms with van der Waals surface area (Å²) >= 11 is 5.93. The van der Waals surface area contributed by atoms with Crippen molar-refractivity contribution in [2.24, 2.45) is 0 Å². The van der Waals surface area contributed by atoms with Crippen LogP contribution in [0.25, 0.3) is 10.9 Å². The predicted molar refractivity (Wildman–Crippen MR) is 109 cm³/mol. The van der Waals surface area contributed by atoms with Gasteiger partial charge in [0.15, 0.2) is 9.84 Å². The van der Waals surface area contributed by atoms with Crippen LogP contribution < -0.4 is 0 Å². The third-order valence-corrected chi connectivity index (χ3v) is 5.80. The number of benzene rings is 2. The molecule has 1 N–H and O–H groups in total. The molecule has 4 rings (SSSR count). The molecule has 8 heteroatoms. The highest BCUT2D eigenvalue weighted by atomic mass is 35.5. The largest absolute Gasteiger partial charge is 0.481 e. The lowest BCUT2D eigenvalue weighted by Gasteiger charge is -2.17.